The number of nitrogens with one attached hydrogen (secondary N) is 1. The molecule has 0 unspecified atom stereocenters. The number of fused-ring (bicyclic) bond motifs is 1. The number of carbonyl (C=O) groups is 2. The lowest BCUT2D eigenvalue weighted by Gasteiger charge is -2.33. The van der Waals surface area contributed by atoms with Gasteiger partial charge in [0.15, 0.2) is 0 Å². The summed E-state index contributed by atoms with van der Waals surface area (Å²) in [7, 11) is 0. The molecule has 2 aromatic heterocycles. The Morgan fingerprint density at radius 1 is 1.03 bits per heavy atom. The number of likely N-dealkylation sites (tertiary alicyclic amines) is 1. The molecule has 1 saturated heterocycles. The highest BCUT2D eigenvalue weighted by Crippen LogP contribution is 2.22. The number of ether oxygens (including phenoxy) is 1. The summed E-state index contributed by atoms with van der Waals surface area (Å²) in [5, 5.41) is 1.04. The van der Waals surface area contributed by atoms with E-state index < -0.39 is 0 Å². The molecule has 0 spiro atoms. The van der Waals surface area contributed by atoms with Crippen LogP contribution in [0.3, 0.4) is 0 Å². The molecule has 186 valence electrons. The zero-order valence-electron chi connectivity index (χ0n) is 20.1. The topological polar surface area (TPSA) is 78.5 Å². The minimum Gasteiger partial charge on any atom is -0.474 e. The normalized spacial score (nSPS) is 13.8. The van der Waals surface area contributed by atoms with E-state index in [9.17, 15) is 9.59 Å². The predicted octanol–water partition coefficient (Wildman–Crippen LogP) is 5.01. The van der Waals surface area contributed by atoms with E-state index in [0.717, 1.165) is 29.4 Å². The van der Waals surface area contributed by atoms with Crippen molar-refractivity contribution < 1.29 is 14.3 Å². The van der Waals surface area contributed by atoms with Gasteiger partial charge in [-0.2, -0.15) is 0 Å². The zero-order valence-corrected chi connectivity index (χ0v) is 20.9. The van der Waals surface area contributed by atoms with E-state index in [1.54, 1.807) is 11.0 Å². The van der Waals surface area contributed by atoms with Crippen LogP contribution in [0.2, 0.25) is 0 Å². The van der Waals surface area contributed by atoms with Gasteiger partial charge >= 0.3 is 0 Å². The van der Waals surface area contributed by atoms with Crippen LogP contribution in [0.5, 0.6) is 5.88 Å². The molecule has 3 heterocycles. The number of hydrogen-bond acceptors (Lipinski definition) is 4. The van der Waals surface area contributed by atoms with Crippen molar-refractivity contribution in [2.24, 2.45) is 0 Å². The molecule has 2 amide bonds. The van der Waals surface area contributed by atoms with Gasteiger partial charge < -0.3 is 14.6 Å². The van der Waals surface area contributed by atoms with E-state index in [-0.39, 0.29) is 36.9 Å². The second-order valence-electron chi connectivity index (χ2n) is 8.82. The molecule has 4 aromatic rings. The molecule has 5 rings (SSSR count). The number of anilines is 1. The number of piperidine rings is 1. The number of hydrogen-bond donors (Lipinski definition) is 1. The Labute approximate surface area is 216 Å². The lowest BCUT2D eigenvalue weighted by Crippen LogP contribution is -2.47. The summed E-state index contributed by atoms with van der Waals surface area (Å²) in [6.07, 6.45) is 3.32. The van der Waals surface area contributed by atoms with Gasteiger partial charge in [0.25, 0.3) is 5.91 Å². The van der Waals surface area contributed by atoms with Gasteiger partial charge in [-0.25, -0.2) is 4.98 Å². The monoisotopic (exact) mass is 504 g/mol. The maximum atomic E-state index is 13.5. The third-order valence-electron chi connectivity index (χ3n) is 6.35. The molecule has 0 radical (unpaired) electrons. The standard InChI is InChI=1S/C28H28N4O3.ClH/c1-20-6-5-9-26(30-20)35-24-13-16-31(17-14-24)27(33)19-32(23-7-3-2-4-8-23)28(34)22-11-10-21-12-15-29-25(21)18-22;/h2-12,15,18,24,29H,13-14,16-17,19H2,1H3;1H. The Morgan fingerprint density at radius 2 is 1.81 bits per heavy atom. The Balaban J connectivity index is 0.00000304. The second kappa shape index (κ2) is 11.3. The fourth-order valence-corrected chi connectivity index (χ4v) is 4.44. The average Bonchev–Trinajstić information content (AvgIpc) is 3.36. The number of H-pyrrole nitrogens is 1. The first kappa shape index (κ1) is 25.3. The van der Waals surface area contributed by atoms with Gasteiger partial charge in [0, 0.05) is 60.7 Å². The molecule has 1 aliphatic rings. The maximum absolute atomic E-state index is 13.5. The maximum Gasteiger partial charge on any atom is 0.258 e. The van der Waals surface area contributed by atoms with Gasteiger partial charge in [-0.05, 0) is 48.7 Å². The van der Waals surface area contributed by atoms with Crippen molar-refractivity contribution >= 4 is 40.8 Å². The lowest BCUT2D eigenvalue weighted by molar-refractivity contribution is -0.131. The number of para-hydroxylation sites is 1. The molecule has 0 bridgehead atoms. The lowest BCUT2D eigenvalue weighted by atomic mass is 10.1. The number of halogens is 1. The summed E-state index contributed by atoms with van der Waals surface area (Å²) < 4.78 is 6.02. The summed E-state index contributed by atoms with van der Waals surface area (Å²) >= 11 is 0. The van der Waals surface area contributed by atoms with Crippen molar-refractivity contribution in [3.05, 3.63) is 90.3 Å². The van der Waals surface area contributed by atoms with Crippen LogP contribution in [0.15, 0.2) is 79.0 Å². The predicted molar refractivity (Wildman–Crippen MR) is 143 cm³/mol. The van der Waals surface area contributed by atoms with E-state index in [1.807, 2.05) is 84.8 Å². The van der Waals surface area contributed by atoms with Crippen LogP contribution >= 0.6 is 12.4 Å². The van der Waals surface area contributed by atoms with E-state index in [2.05, 4.69) is 9.97 Å². The molecular weight excluding hydrogens is 476 g/mol. The number of aryl methyl sites for hydroxylation is 1. The Bertz CT molecular complexity index is 1330. The van der Waals surface area contributed by atoms with Gasteiger partial charge in [-0.3, -0.25) is 14.5 Å². The van der Waals surface area contributed by atoms with E-state index in [4.69, 9.17) is 4.74 Å². The third kappa shape index (κ3) is 5.69. The molecule has 1 fully saturated rings. The molecule has 36 heavy (non-hydrogen) atoms. The molecule has 0 aliphatic carbocycles. The fourth-order valence-electron chi connectivity index (χ4n) is 4.44. The second-order valence-corrected chi connectivity index (χ2v) is 8.82. The van der Waals surface area contributed by atoms with E-state index in [0.29, 0.717) is 30.2 Å². The number of aromatic nitrogens is 2. The molecular formula is C28H29ClN4O3. The molecule has 1 aliphatic heterocycles. The number of benzene rings is 2. The van der Waals surface area contributed by atoms with Crippen molar-refractivity contribution in [3.8, 4) is 5.88 Å². The highest BCUT2D eigenvalue weighted by atomic mass is 35.5. The summed E-state index contributed by atoms with van der Waals surface area (Å²) in [6.45, 7) is 3.09. The number of rotatable bonds is 6. The van der Waals surface area contributed by atoms with Gasteiger partial charge in [-0.15, -0.1) is 12.4 Å². The van der Waals surface area contributed by atoms with Crippen LogP contribution in [0, 0.1) is 6.92 Å². The number of aromatic amines is 1. The number of pyridine rings is 1. The van der Waals surface area contributed by atoms with Crippen LogP contribution in [0.4, 0.5) is 5.69 Å². The highest BCUT2D eigenvalue weighted by molar-refractivity contribution is 6.10. The SMILES string of the molecule is Cc1cccc(OC2CCN(C(=O)CN(C(=O)c3ccc4cc[nH]c4c3)c3ccccc3)CC2)n1.Cl. The largest absolute Gasteiger partial charge is 0.474 e. The average molecular weight is 505 g/mol. The Kier molecular flexibility index (Phi) is 7.90. The number of amides is 2. The molecule has 2 aromatic carbocycles. The Hall–Kier alpha value is -3.84. The molecule has 0 saturated carbocycles. The minimum atomic E-state index is -0.204. The number of nitrogens with zero attached hydrogens (tertiary/aromatic N) is 3. The van der Waals surface area contributed by atoms with E-state index >= 15 is 0 Å². The van der Waals surface area contributed by atoms with Crippen molar-refractivity contribution in [1.82, 2.24) is 14.9 Å². The fraction of sp³-hybridized carbons (Fsp3) is 0.250. The number of carbonyl (C=O) groups excluding carboxylic acids is 2. The van der Waals surface area contributed by atoms with Crippen molar-refractivity contribution in [3.63, 3.8) is 0 Å². The molecule has 8 heteroatoms. The summed E-state index contributed by atoms with van der Waals surface area (Å²) in [6, 6.07) is 22.6. The van der Waals surface area contributed by atoms with Crippen LogP contribution in [0.25, 0.3) is 10.9 Å². The summed E-state index contributed by atoms with van der Waals surface area (Å²) in [5.41, 5.74) is 3.03. The zero-order chi connectivity index (χ0) is 24.2. The summed E-state index contributed by atoms with van der Waals surface area (Å²) in [4.78, 5) is 37.7. The van der Waals surface area contributed by atoms with Gasteiger partial charge in [0.05, 0.1) is 0 Å². The van der Waals surface area contributed by atoms with E-state index in [1.165, 1.54) is 0 Å². The first-order chi connectivity index (χ1) is 17.1. The quantitative estimate of drug-likeness (QED) is 0.400. The molecule has 0 atom stereocenters. The molecule has 7 nitrogen and oxygen atoms in total. The van der Waals surface area contributed by atoms with Crippen LogP contribution in [0.1, 0.15) is 28.9 Å². The summed E-state index contributed by atoms with van der Waals surface area (Å²) in [5.74, 6) is 0.342. The highest BCUT2D eigenvalue weighted by Gasteiger charge is 2.28. The molecule has 1 N–H and O–H groups in total. The van der Waals surface area contributed by atoms with Crippen LogP contribution in [-0.4, -0.2) is 52.4 Å². The first-order valence-electron chi connectivity index (χ1n) is 11.9. The van der Waals surface area contributed by atoms with Gasteiger partial charge in [0.1, 0.15) is 12.6 Å². The Morgan fingerprint density at radius 3 is 2.56 bits per heavy atom. The van der Waals surface area contributed by atoms with Crippen LogP contribution in [-0.2, 0) is 4.79 Å². The smallest absolute Gasteiger partial charge is 0.258 e. The van der Waals surface area contributed by atoms with Gasteiger partial charge in [-0.1, -0.05) is 30.3 Å². The van der Waals surface area contributed by atoms with Crippen molar-refractivity contribution in [1.29, 1.82) is 0 Å². The van der Waals surface area contributed by atoms with Crippen LogP contribution < -0.4 is 9.64 Å². The minimum absolute atomic E-state index is 0. The van der Waals surface area contributed by atoms with Crippen molar-refractivity contribution in [2.45, 2.75) is 25.9 Å². The van der Waals surface area contributed by atoms with Crippen molar-refractivity contribution in [2.75, 3.05) is 24.5 Å². The first-order valence-corrected chi connectivity index (χ1v) is 11.9. The third-order valence-corrected chi connectivity index (χ3v) is 6.35. The van der Waals surface area contributed by atoms with Gasteiger partial charge in [0.2, 0.25) is 11.8 Å².